The average Bonchev–Trinajstić information content (AvgIpc) is 3.19. The van der Waals surface area contributed by atoms with Crippen molar-refractivity contribution in [3.63, 3.8) is 0 Å². The van der Waals surface area contributed by atoms with Gasteiger partial charge in [-0.15, -0.1) is 11.3 Å². The zero-order valence-corrected chi connectivity index (χ0v) is 19.2. The van der Waals surface area contributed by atoms with Crippen LogP contribution in [0.5, 0.6) is 5.75 Å². The van der Waals surface area contributed by atoms with Crippen molar-refractivity contribution >= 4 is 40.4 Å². The van der Waals surface area contributed by atoms with Crippen LogP contribution in [0.1, 0.15) is 48.5 Å². The molecular formula is C21H29N5O4S. The number of aromatic nitrogens is 1. The third-order valence-electron chi connectivity index (χ3n) is 4.62. The smallest absolute Gasteiger partial charge is 0.270 e. The maximum atomic E-state index is 12.5. The number of thiazole rings is 1. The van der Waals surface area contributed by atoms with Gasteiger partial charge in [0.1, 0.15) is 11.4 Å². The number of carbonyl (C=O) groups excluding carboxylic acids is 3. The van der Waals surface area contributed by atoms with E-state index in [1.807, 2.05) is 0 Å². The minimum Gasteiger partial charge on any atom is -0.495 e. The lowest BCUT2D eigenvalue weighted by molar-refractivity contribution is -0.105. The molecule has 0 spiro atoms. The Labute approximate surface area is 186 Å². The van der Waals surface area contributed by atoms with Crippen molar-refractivity contribution in [2.75, 3.05) is 30.8 Å². The molecule has 168 valence electrons. The minimum absolute atomic E-state index is 0.249. The summed E-state index contributed by atoms with van der Waals surface area (Å²) in [6.07, 6.45) is 0.507. The second kappa shape index (κ2) is 11.4. The number of hydrogen-bond acceptors (Lipinski definition) is 7. The summed E-state index contributed by atoms with van der Waals surface area (Å²) in [6.45, 7) is 9.74. The van der Waals surface area contributed by atoms with Gasteiger partial charge in [0.2, 0.25) is 6.41 Å². The highest BCUT2D eigenvalue weighted by molar-refractivity contribution is 7.14. The van der Waals surface area contributed by atoms with Gasteiger partial charge in [-0.3, -0.25) is 24.6 Å². The molecule has 3 amide bonds. The van der Waals surface area contributed by atoms with Gasteiger partial charge in [-0.25, -0.2) is 4.98 Å². The van der Waals surface area contributed by atoms with E-state index in [9.17, 15) is 14.4 Å². The van der Waals surface area contributed by atoms with Crippen molar-refractivity contribution in [3.05, 3.63) is 34.8 Å². The van der Waals surface area contributed by atoms with Crippen LogP contribution in [0.25, 0.3) is 0 Å². The maximum Gasteiger partial charge on any atom is 0.270 e. The molecule has 3 N–H and O–H groups in total. The first-order chi connectivity index (χ1) is 14.8. The molecule has 31 heavy (non-hydrogen) atoms. The molecule has 9 nitrogen and oxygen atoms in total. The predicted molar refractivity (Wildman–Crippen MR) is 122 cm³/mol. The number of rotatable bonds is 11. The molecule has 0 aliphatic rings. The summed E-state index contributed by atoms with van der Waals surface area (Å²) < 4.78 is 5.14. The fourth-order valence-corrected chi connectivity index (χ4v) is 3.82. The fraction of sp³-hybridized carbons (Fsp3) is 0.429. The Morgan fingerprint density at radius 1 is 1.19 bits per heavy atom. The van der Waals surface area contributed by atoms with E-state index < -0.39 is 5.91 Å². The molecule has 0 fully saturated rings. The molecule has 2 rings (SSSR count). The lowest BCUT2D eigenvalue weighted by Gasteiger charge is -2.30. The molecule has 0 radical (unpaired) electrons. The third kappa shape index (κ3) is 6.76. The van der Waals surface area contributed by atoms with Crippen LogP contribution in [0, 0.1) is 0 Å². The number of amides is 3. The first-order valence-electron chi connectivity index (χ1n) is 9.95. The van der Waals surface area contributed by atoms with Crippen LogP contribution in [-0.4, -0.2) is 60.4 Å². The van der Waals surface area contributed by atoms with E-state index in [1.54, 1.807) is 17.5 Å². The van der Waals surface area contributed by atoms with Crippen LogP contribution in [-0.2, 0) is 4.79 Å². The largest absolute Gasteiger partial charge is 0.495 e. The summed E-state index contributed by atoms with van der Waals surface area (Å²) >= 11 is 1.16. The molecule has 0 saturated carbocycles. The standard InChI is InChI=1S/C21H29N5O4S/c1-13(2)26(14(3)4)9-8-22-20(29)17-11-31-21(24-17)25-19(28)15-6-7-18(30-5)16(10-15)23-12-27/h6-7,10-14H,8-9H2,1-5H3,(H,22,29)(H,23,27)(H,24,25,28). The summed E-state index contributed by atoms with van der Waals surface area (Å²) in [5.41, 5.74) is 0.939. The van der Waals surface area contributed by atoms with Crippen molar-refractivity contribution in [1.82, 2.24) is 15.2 Å². The van der Waals surface area contributed by atoms with E-state index in [-0.39, 0.29) is 11.6 Å². The Bertz CT molecular complexity index is 905. The Morgan fingerprint density at radius 2 is 1.90 bits per heavy atom. The number of methoxy groups -OCH3 is 1. The van der Waals surface area contributed by atoms with Crippen LogP contribution in [0.15, 0.2) is 23.6 Å². The molecule has 0 atom stereocenters. The molecular weight excluding hydrogens is 418 g/mol. The van der Waals surface area contributed by atoms with Gasteiger partial charge in [0.15, 0.2) is 5.13 Å². The average molecular weight is 448 g/mol. The van der Waals surface area contributed by atoms with Gasteiger partial charge in [0.05, 0.1) is 12.8 Å². The number of benzene rings is 1. The van der Waals surface area contributed by atoms with Gasteiger partial charge < -0.3 is 15.4 Å². The molecule has 0 unspecified atom stereocenters. The normalized spacial score (nSPS) is 11.0. The number of carbonyl (C=O) groups is 3. The Morgan fingerprint density at radius 3 is 2.52 bits per heavy atom. The van der Waals surface area contributed by atoms with Crippen molar-refractivity contribution in [1.29, 1.82) is 0 Å². The number of anilines is 2. The van der Waals surface area contributed by atoms with Crippen LogP contribution in [0.4, 0.5) is 10.8 Å². The molecule has 1 aromatic heterocycles. The fourth-order valence-electron chi connectivity index (χ4n) is 3.13. The number of ether oxygens (including phenoxy) is 1. The van der Waals surface area contributed by atoms with E-state index in [1.165, 1.54) is 13.2 Å². The highest BCUT2D eigenvalue weighted by Gasteiger charge is 2.16. The van der Waals surface area contributed by atoms with Crippen molar-refractivity contribution in [3.8, 4) is 5.75 Å². The second-order valence-electron chi connectivity index (χ2n) is 7.35. The molecule has 0 aliphatic carbocycles. The molecule has 0 saturated heterocycles. The maximum absolute atomic E-state index is 12.5. The van der Waals surface area contributed by atoms with Crippen LogP contribution >= 0.6 is 11.3 Å². The van der Waals surface area contributed by atoms with Gasteiger partial charge in [0, 0.05) is 36.1 Å². The quantitative estimate of drug-likeness (QED) is 0.457. The molecule has 1 heterocycles. The van der Waals surface area contributed by atoms with E-state index in [2.05, 4.69) is 53.5 Å². The van der Waals surface area contributed by atoms with Gasteiger partial charge in [-0.05, 0) is 45.9 Å². The number of nitrogens with zero attached hydrogens (tertiary/aromatic N) is 2. The summed E-state index contributed by atoms with van der Waals surface area (Å²) in [6, 6.07) is 5.43. The van der Waals surface area contributed by atoms with Gasteiger partial charge in [-0.2, -0.15) is 0 Å². The topological polar surface area (TPSA) is 113 Å². The molecule has 1 aromatic carbocycles. The minimum atomic E-state index is -0.414. The zero-order valence-electron chi connectivity index (χ0n) is 18.4. The van der Waals surface area contributed by atoms with E-state index >= 15 is 0 Å². The highest BCUT2D eigenvalue weighted by atomic mass is 32.1. The van der Waals surface area contributed by atoms with Crippen LogP contribution in [0.2, 0.25) is 0 Å². The molecule has 0 aliphatic heterocycles. The van der Waals surface area contributed by atoms with Gasteiger partial charge in [0.25, 0.3) is 11.8 Å². The van der Waals surface area contributed by atoms with Crippen LogP contribution in [0.3, 0.4) is 0 Å². The third-order valence-corrected chi connectivity index (χ3v) is 5.37. The first-order valence-corrected chi connectivity index (χ1v) is 10.8. The summed E-state index contributed by atoms with van der Waals surface area (Å²) in [7, 11) is 1.47. The lowest BCUT2D eigenvalue weighted by atomic mass is 10.1. The summed E-state index contributed by atoms with van der Waals surface area (Å²) in [4.78, 5) is 42.1. The molecule has 2 aromatic rings. The monoisotopic (exact) mass is 447 g/mol. The summed E-state index contributed by atoms with van der Waals surface area (Å²) in [5, 5.41) is 9.93. The SMILES string of the molecule is COc1ccc(C(=O)Nc2nc(C(=O)NCCN(C(C)C)C(C)C)cs2)cc1NC=O. The highest BCUT2D eigenvalue weighted by Crippen LogP contribution is 2.25. The number of nitrogens with one attached hydrogen (secondary N) is 3. The van der Waals surface area contributed by atoms with E-state index in [0.29, 0.717) is 47.2 Å². The Kier molecular flexibility index (Phi) is 8.95. The van der Waals surface area contributed by atoms with Crippen LogP contribution < -0.4 is 20.7 Å². The Balaban J connectivity index is 1.96. The van der Waals surface area contributed by atoms with E-state index in [4.69, 9.17) is 4.74 Å². The van der Waals surface area contributed by atoms with Crippen molar-refractivity contribution in [2.45, 2.75) is 39.8 Å². The predicted octanol–water partition coefficient (Wildman–Crippen LogP) is 2.82. The number of hydrogen-bond donors (Lipinski definition) is 3. The summed E-state index contributed by atoms with van der Waals surface area (Å²) in [5.74, 6) is -0.265. The van der Waals surface area contributed by atoms with Gasteiger partial charge in [-0.1, -0.05) is 0 Å². The van der Waals surface area contributed by atoms with E-state index in [0.717, 1.165) is 17.9 Å². The second-order valence-corrected chi connectivity index (χ2v) is 8.21. The lowest BCUT2D eigenvalue weighted by Crippen LogP contribution is -2.42. The first kappa shape index (κ1) is 24.3. The Hall–Kier alpha value is -2.98. The van der Waals surface area contributed by atoms with Crippen molar-refractivity contribution < 1.29 is 19.1 Å². The molecule has 10 heteroatoms. The zero-order chi connectivity index (χ0) is 23.0. The molecule has 0 bridgehead atoms. The van der Waals surface area contributed by atoms with Gasteiger partial charge >= 0.3 is 0 Å². The van der Waals surface area contributed by atoms with Crippen molar-refractivity contribution in [2.24, 2.45) is 0 Å².